The van der Waals surface area contributed by atoms with Crippen LogP contribution in [0.2, 0.25) is 0 Å². The van der Waals surface area contributed by atoms with Gasteiger partial charge in [-0.05, 0) is 50.5 Å². The Bertz CT molecular complexity index is 545. The molecule has 2 heteroatoms. The van der Waals surface area contributed by atoms with Crippen molar-refractivity contribution < 1.29 is 4.74 Å². The fraction of sp³-hybridized carbons (Fsp3) is 0.368. The first-order valence-electron chi connectivity index (χ1n) is 7.54. The van der Waals surface area contributed by atoms with Gasteiger partial charge in [0.25, 0.3) is 0 Å². The molecule has 0 heterocycles. The number of methoxy groups -OCH3 is 1. The maximum Gasteiger partial charge on any atom is 0.118 e. The Balaban J connectivity index is 1.91. The van der Waals surface area contributed by atoms with Crippen LogP contribution in [0.4, 0.5) is 0 Å². The molecule has 2 atom stereocenters. The number of nitrogens with one attached hydrogen (secondary N) is 1. The highest BCUT2D eigenvalue weighted by atomic mass is 16.5. The number of ether oxygens (including phenoxy) is 1. The average molecular weight is 283 g/mol. The fourth-order valence-corrected chi connectivity index (χ4v) is 2.55. The van der Waals surface area contributed by atoms with Gasteiger partial charge in [-0.15, -0.1) is 0 Å². The number of hydrogen-bond donors (Lipinski definition) is 1. The van der Waals surface area contributed by atoms with Crippen LogP contribution >= 0.6 is 0 Å². The van der Waals surface area contributed by atoms with Crippen LogP contribution in [0.3, 0.4) is 0 Å². The zero-order valence-corrected chi connectivity index (χ0v) is 13.4. The number of benzene rings is 2. The van der Waals surface area contributed by atoms with Crippen molar-refractivity contribution in [3.8, 4) is 5.75 Å². The van der Waals surface area contributed by atoms with Crippen LogP contribution in [0.1, 0.15) is 36.6 Å². The number of rotatable bonds is 6. The van der Waals surface area contributed by atoms with Gasteiger partial charge in [0.15, 0.2) is 0 Å². The summed E-state index contributed by atoms with van der Waals surface area (Å²) in [6, 6.07) is 17.8. The third-order valence-electron chi connectivity index (χ3n) is 3.81. The summed E-state index contributed by atoms with van der Waals surface area (Å²) in [7, 11) is 1.70. The second kappa shape index (κ2) is 7.28. The van der Waals surface area contributed by atoms with Crippen molar-refractivity contribution >= 4 is 0 Å². The molecule has 2 aromatic rings. The molecule has 21 heavy (non-hydrogen) atoms. The summed E-state index contributed by atoms with van der Waals surface area (Å²) in [6.07, 6.45) is 1.01. The summed E-state index contributed by atoms with van der Waals surface area (Å²) < 4.78 is 5.19. The summed E-state index contributed by atoms with van der Waals surface area (Å²) in [6.45, 7) is 6.57. The molecule has 0 aliphatic heterocycles. The molecule has 0 aromatic heterocycles. The van der Waals surface area contributed by atoms with Crippen LogP contribution < -0.4 is 10.1 Å². The molecule has 0 saturated carbocycles. The van der Waals surface area contributed by atoms with E-state index in [1.54, 1.807) is 7.11 Å². The van der Waals surface area contributed by atoms with Crippen molar-refractivity contribution in [2.24, 2.45) is 0 Å². The maximum absolute atomic E-state index is 5.19. The predicted molar refractivity (Wildman–Crippen MR) is 88.9 cm³/mol. The van der Waals surface area contributed by atoms with Crippen molar-refractivity contribution in [2.45, 2.75) is 39.3 Å². The van der Waals surface area contributed by atoms with E-state index in [4.69, 9.17) is 4.74 Å². The van der Waals surface area contributed by atoms with Crippen molar-refractivity contribution in [1.82, 2.24) is 5.32 Å². The molecular weight excluding hydrogens is 258 g/mol. The molecule has 0 saturated heterocycles. The fourth-order valence-electron chi connectivity index (χ4n) is 2.55. The Hall–Kier alpha value is -1.80. The first-order chi connectivity index (χ1) is 10.1. The average Bonchev–Trinajstić information content (AvgIpc) is 2.48. The van der Waals surface area contributed by atoms with E-state index in [1.807, 2.05) is 12.1 Å². The monoisotopic (exact) mass is 283 g/mol. The lowest BCUT2D eigenvalue weighted by atomic mass is 10.0. The van der Waals surface area contributed by atoms with E-state index in [0.29, 0.717) is 12.1 Å². The van der Waals surface area contributed by atoms with Crippen molar-refractivity contribution in [2.75, 3.05) is 7.11 Å². The molecule has 0 bridgehead atoms. The van der Waals surface area contributed by atoms with Crippen LogP contribution in [0, 0.1) is 6.92 Å². The molecule has 2 rings (SSSR count). The van der Waals surface area contributed by atoms with Gasteiger partial charge in [0.05, 0.1) is 7.11 Å². The van der Waals surface area contributed by atoms with E-state index in [-0.39, 0.29) is 0 Å². The van der Waals surface area contributed by atoms with Crippen molar-refractivity contribution in [3.63, 3.8) is 0 Å². The number of aryl methyl sites for hydroxylation is 1. The Kier molecular flexibility index (Phi) is 5.40. The van der Waals surface area contributed by atoms with E-state index in [0.717, 1.165) is 12.2 Å². The lowest BCUT2D eigenvalue weighted by Crippen LogP contribution is -2.30. The third-order valence-corrected chi connectivity index (χ3v) is 3.81. The second-order valence-electron chi connectivity index (χ2n) is 5.75. The van der Waals surface area contributed by atoms with Crippen LogP contribution in [-0.4, -0.2) is 13.2 Å². The highest BCUT2D eigenvalue weighted by Gasteiger charge is 2.10. The molecule has 1 unspecified atom stereocenters. The zero-order chi connectivity index (χ0) is 15.2. The van der Waals surface area contributed by atoms with E-state index in [2.05, 4.69) is 62.5 Å². The van der Waals surface area contributed by atoms with Gasteiger partial charge in [-0.3, -0.25) is 0 Å². The normalized spacial score (nSPS) is 13.7. The maximum atomic E-state index is 5.19. The van der Waals surface area contributed by atoms with Crippen LogP contribution in [-0.2, 0) is 6.42 Å². The molecule has 0 fully saturated rings. The Morgan fingerprint density at radius 1 is 0.952 bits per heavy atom. The number of hydrogen-bond acceptors (Lipinski definition) is 2. The molecule has 2 aromatic carbocycles. The van der Waals surface area contributed by atoms with E-state index >= 15 is 0 Å². The molecular formula is C19H25NO. The topological polar surface area (TPSA) is 21.3 Å². The molecule has 0 amide bonds. The van der Waals surface area contributed by atoms with Gasteiger partial charge in [-0.25, -0.2) is 0 Å². The van der Waals surface area contributed by atoms with Gasteiger partial charge in [-0.2, -0.15) is 0 Å². The molecule has 112 valence electrons. The van der Waals surface area contributed by atoms with Crippen LogP contribution in [0.5, 0.6) is 5.75 Å². The smallest absolute Gasteiger partial charge is 0.118 e. The standard InChI is InChI=1S/C19H25NO/c1-14-5-9-18(10-6-14)16(3)20-15(2)13-17-7-11-19(21-4)12-8-17/h5-12,15-16,20H,13H2,1-4H3/t15?,16-/m0/s1. The molecule has 2 nitrogen and oxygen atoms in total. The van der Waals surface area contributed by atoms with Gasteiger partial charge >= 0.3 is 0 Å². The van der Waals surface area contributed by atoms with E-state index in [9.17, 15) is 0 Å². The van der Waals surface area contributed by atoms with Crippen molar-refractivity contribution in [1.29, 1.82) is 0 Å². The SMILES string of the molecule is COc1ccc(CC(C)N[C@@H](C)c2ccc(C)cc2)cc1. The second-order valence-corrected chi connectivity index (χ2v) is 5.75. The summed E-state index contributed by atoms with van der Waals surface area (Å²) >= 11 is 0. The summed E-state index contributed by atoms with van der Waals surface area (Å²) in [5, 5.41) is 3.66. The lowest BCUT2D eigenvalue weighted by Gasteiger charge is -2.21. The lowest BCUT2D eigenvalue weighted by molar-refractivity contribution is 0.414. The summed E-state index contributed by atoms with van der Waals surface area (Å²) in [4.78, 5) is 0. The highest BCUT2D eigenvalue weighted by molar-refractivity contribution is 5.28. The van der Waals surface area contributed by atoms with Gasteiger partial charge in [-0.1, -0.05) is 42.0 Å². The third kappa shape index (κ3) is 4.61. The first-order valence-corrected chi connectivity index (χ1v) is 7.54. The van der Waals surface area contributed by atoms with E-state index < -0.39 is 0 Å². The minimum absolute atomic E-state index is 0.360. The molecule has 0 spiro atoms. The van der Waals surface area contributed by atoms with Crippen molar-refractivity contribution in [3.05, 3.63) is 65.2 Å². The summed E-state index contributed by atoms with van der Waals surface area (Å²) in [5.41, 5.74) is 3.96. The Morgan fingerprint density at radius 2 is 1.57 bits per heavy atom. The minimum Gasteiger partial charge on any atom is -0.497 e. The predicted octanol–water partition coefficient (Wildman–Crippen LogP) is 4.29. The van der Waals surface area contributed by atoms with Crippen LogP contribution in [0.25, 0.3) is 0 Å². The molecule has 0 radical (unpaired) electrons. The van der Waals surface area contributed by atoms with Gasteiger partial charge < -0.3 is 10.1 Å². The quantitative estimate of drug-likeness (QED) is 0.854. The molecule has 0 aliphatic carbocycles. The van der Waals surface area contributed by atoms with Gasteiger partial charge in [0.2, 0.25) is 0 Å². The Morgan fingerprint density at radius 3 is 2.14 bits per heavy atom. The van der Waals surface area contributed by atoms with Gasteiger partial charge in [0, 0.05) is 12.1 Å². The Labute approximate surface area is 128 Å². The first kappa shape index (κ1) is 15.6. The minimum atomic E-state index is 0.360. The highest BCUT2D eigenvalue weighted by Crippen LogP contribution is 2.16. The van der Waals surface area contributed by atoms with Gasteiger partial charge in [0.1, 0.15) is 5.75 Å². The van der Waals surface area contributed by atoms with E-state index in [1.165, 1.54) is 16.7 Å². The van der Waals surface area contributed by atoms with Crippen LogP contribution in [0.15, 0.2) is 48.5 Å². The molecule has 1 N–H and O–H groups in total. The summed E-state index contributed by atoms with van der Waals surface area (Å²) in [5.74, 6) is 0.910. The zero-order valence-electron chi connectivity index (χ0n) is 13.4. The molecule has 0 aliphatic rings. The largest absolute Gasteiger partial charge is 0.497 e.